The van der Waals surface area contributed by atoms with Crippen LogP contribution in [0, 0.1) is 11.8 Å². The normalized spacial score (nSPS) is 12.6. The van der Waals surface area contributed by atoms with Gasteiger partial charge in [-0.2, -0.15) is 0 Å². The summed E-state index contributed by atoms with van der Waals surface area (Å²) in [5.41, 5.74) is 1.57. The van der Waals surface area contributed by atoms with Crippen molar-refractivity contribution in [2.75, 3.05) is 41.3 Å². The van der Waals surface area contributed by atoms with Gasteiger partial charge in [0.05, 0.1) is 0 Å². The van der Waals surface area contributed by atoms with Crippen LogP contribution in [-0.2, 0) is 0 Å². The summed E-state index contributed by atoms with van der Waals surface area (Å²) in [6.45, 7) is 1.50. The van der Waals surface area contributed by atoms with E-state index in [1.165, 1.54) is 0 Å². The SMILES string of the molecule is CN(C)CC(CCCCC(CN(C)C)C(=O)c1ccccc1)C(=O)c1ccccc1.Cl.Cl. The Hall–Kier alpha value is -1.72. The Labute approximate surface area is 206 Å². The van der Waals surface area contributed by atoms with E-state index in [2.05, 4.69) is 9.80 Å². The molecule has 0 saturated heterocycles. The van der Waals surface area contributed by atoms with E-state index in [1.54, 1.807) is 0 Å². The predicted octanol–water partition coefficient (Wildman–Crippen LogP) is 5.51. The number of Topliss-reactive ketones (excluding diaryl/α,β-unsaturated/α-hetero) is 2. The highest BCUT2D eigenvalue weighted by Gasteiger charge is 2.23. The Bertz CT molecular complexity index is 715. The minimum Gasteiger partial charge on any atom is -0.309 e. The standard InChI is InChI=1S/C26H36N2O2.2ClH/c1-27(2)19-23(25(29)21-13-7-5-8-14-21)17-11-12-18-24(20-28(3)4)26(30)22-15-9-6-10-16-22;;/h5-10,13-16,23-24H,11-12,17-20H2,1-4H3;2*1H. The zero-order chi connectivity index (χ0) is 21.9. The van der Waals surface area contributed by atoms with E-state index in [0.29, 0.717) is 0 Å². The molecule has 6 heteroatoms. The largest absolute Gasteiger partial charge is 0.309 e. The molecule has 0 spiro atoms. The number of carbonyl (C=O) groups is 2. The van der Waals surface area contributed by atoms with Crippen LogP contribution in [-0.4, -0.2) is 62.6 Å². The van der Waals surface area contributed by atoms with E-state index < -0.39 is 0 Å². The Morgan fingerprint density at radius 1 is 0.625 bits per heavy atom. The number of hydrogen-bond donors (Lipinski definition) is 0. The highest BCUT2D eigenvalue weighted by atomic mass is 35.5. The van der Waals surface area contributed by atoms with E-state index in [4.69, 9.17) is 0 Å². The van der Waals surface area contributed by atoms with Gasteiger partial charge in [-0.25, -0.2) is 0 Å². The number of rotatable bonds is 13. The molecule has 32 heavy (non-hydrogen) atoms. The molecule has 2 aromatic carbocycles. The van der Waals surface area contributed by atoms with Gasteiger partial charge in [0, 0.05) is 36.1 Å². The van der Waals surface area contributed by atoms with Gasteiger partial charge in [-0.3, -0.25) is 9.59 Å². The first-order valence-corrected chi connectivity index (χ1v) is 10.9. The number of hydrogen-bond acceptors (Lipinski definition) is 4. The van der Waals surface area contributed by atoms with Crippen molar-refractivity contribution in [2.24, 2.45) is 11.8 Å². The van der Waals surface area contributed by atoms with Gasteiger partial charge in [-0.1, -0.05) is 73.5 Å². The molecule has 0 amide bonds. The topological polar surface area (TPSA) is 40.6 Å². The van der Waals surface area contributed by atoms with Crippen molar-refractivity contribution in [1.29, 1.82) is 0 Å². The molecule has 0 bridgehead atoms. The van der Waals surface area contributed by atoms with E-state index in [9.17, 15) is 9.59 Å². The van der Waals surface area contributed by atoms with Crippen LogP contribution in [0.1, 0.15) is 46.4 Å². The molecule has 4 nitrogen and oxygen atoms in total. The maximum absolute atomic E-state index is 13.0. The molecule has 178 valence electrons. The Morgan fingerprint density at radius 3 is 1.22 bits per heavy atom. The van der Waals surface area contributed by atoms with Crippen molar-refractivity contribution in [3.8, 4) is 0 Å². The molecule has 0 fully saturated rings. The van der Waals surface area contributed by atoms with Gasteiger partial charge in [0.2, 0.25) is 0 Å². The number of benzene rings is 2. The lowest BCUT2D eigenvalue weighted by Crippen LogP contribution is -2.29. The monoisotopic (exact) mass is 480 g/mol. The third-order valence-electron chi connectivity index (χ3n) is 5.38. The van der Waals surface area contributed by atoms with E-state index in [1.807, 2.05) is 88.9 Å². The first-order valence-electron chi connectivity index (χ1n) is 10.9. The van der Waals surface area contributed by atoms with Crippen LogP contribution in [0.25, 0.3) is 0 Å². The second-order valence-corrected chi connectivity index (χ2v) is 8.66. The minimum absolute atomic E-state index is 0. The molecule has 2 rings (SSSR count). The number of nitrogens with zero attached hydrogens (tertiary/aromatic N) is 2. The van der Waals surface area contributed by atoms with Crippen LogP contribution in [0.5, 0.6) is 0 Å². The molecular formula is C26H38Cl2N2O2. The summed E-state index contributed by atoms with van der Waals surface area (Å²) in [4.78, 5) is 30.1. The summed E-state index contributed by atoms with van der Waals surface area (Å²) in [6, 6.07) is 19.1. The Morgan fingerprint density at radius 2 is 0.938 bits per heavy atom. The van der Waals surface area contributed by atoms with Crippen molar-refractivity contribution in [3.63, 3.8) is 0 Å². The van der Waals surface area contributed by atoms with Gasteiger partial charge in [0.15, 0.2) is 11.6 Å². The number of unbranched alkanes of at least 4 members (excludes halogenated alkanes) is 1. The number of carbonyl (C=O) groups excluding carboxylic acids is 2. The smallest absolute Gasteiger partial charge is 0.167 e. The van der Waals surface area contributed by atoms with E-state index in [-0.39, 0.29) is 48.2 Å². The summed E-state index contributed by atoms with van der Waals surface area (Å²) in [5, 5.41) is 0. The van der Waals surface area contributed by atoms with E-state index >= 15 is 0 Å². The van der Waals surface area contributed by atoms with Gasteiger partial charge in [0.1, 0.15) is 0 Å². The van der Waals surface area contributed by atoms with Crippen LogP contribution in [0.2, 0.25) is 0 Å². The van der Waals surface area contributed by atoms with Gasteiger partial charge in [-0.05, 0) is 41.0 Å². The molecular weight excluding hydrogens is 443 g/mol. The molecule has 0 saturated carbocycles. The van der Waals surface area contributed by atoms with Crippen molar-refractivity contribution >= 4 is 36.4 Å². The zero-order valence-corrected chi connectivity index (χ0v) is 21.3. The average Bonchev–Trinajstić information content (AvgIpc) is 2.74. The molecule has 2 atom stereocenters. The van der Waals surface area contributed by atoms with Crippen LogP contribution < -0.4 is 0 Å². The van der Waals surface area contributed by atoms with Crippen molar-refractivity contribution in [1.82, 2.24) is 9.80 Å². The highest BCUT2D eigenvalue weighted by molar-refractivity contribution is 5.98. The maximum atomic E-state index is 13.0. The summed E-state index contributed by atoms with van der Waals surface area (Å²) in [5.74, 6) is 0.406. The molecule has 2 unspecified atom stereocenters. The Kier molecular flexibility index (Phi) is 15.1. The van der Waals surface area contributed by atoms with Crippen molar-refractivity contribution in [3.05, 3.63) is 71.8 Å². The highest BCUT2D eigenvalue weighted by Crippen LogP contribution is 2.21. The molecule has 0 aromatic heterocycles. The summed E-state index contributed by atoms with van der Waals surface area (Å²) in [6.07, 6.45) is 3.59. The fourth-order valence-corrected chi connectivity index (χ4v) is 3.95. The predicted molar refractivity (Wildman–Crippen MR) is 139 cm³/mol. The van der Waals surface area contributed by atoms with Crippen LogP contribution in [0.3, 0.4) is 0 Å². The maximum Gasteiger partial charge on any atom is 0.167 e. The zero-order valence-electron chi connectivity index (χ0n) is 19.7. The van der Waals surface area contributed by atoms with Crippen molar-refractivity contribution < 1.29 is 9.59 Å². The summed E-state index contributed by atoms with van der Waals surface area (Å²) < 4.78 is 0. The Balaban J connectivity index is 0.00000480. The van der Waals surface area contributed by atoms with Crippen LogP contribution in [0.15, 0.2) is 60.7 Å². The molecule has 0 heterocycles. The third-order valence-corrected chi connectivity index (χ3v) is 5.38. The molecule has 0 aliphatic carbocycles. The second-order valence-electron chi connectivity index (χ2n) is 8.66. The second kappa shape index (κ2) is 16.0. The minimum atomic E-state index is -0.0143. The lowest BCUT2D eigenvalue weighted by atomic mass is 9.88. The fraction of sp³-hybridized carbons (Fsp3) is 0.462. The lowest BCUT2D eigenvalue weighted by Gasteiger charge is -2.22. The average molecular weight is 482 g/mol. The summed E-state index contributed by atoms with van der Waals surface area (Å²) >= 11 is 0. The molecule has 0 radical (unpaired) electrons. The van der Waals surface area contributed by atoms with Crippen LogP contribution in [0.4, 0.5) is 0 Å². The molecule has 0 aliphatic rings. The lowest BCUT2D eigenvalue weighted by molar-refractivity contribution is 0.0867. The van der Waals surface area contributed by atoms with Crippen molar-refractivity contribution in [2.45, 2.75) is 25.7 Å². The number of ketones is 2. The van der Waals surface area contributed by atoms with Gasteiger partial charge >= 0.3 is 0 Å². The molecule has 0 aliphatic heterocycles. The van der Waals surface area contributed by atoms with E-state index in [0.717, 1.165) is 49.9 Å². The third kappa shape index (κ3) is 10.3. The van der Waals surface area contributed by atoms with Gasteiger partial charge in [0.25, 0.3) is 0 Å². The number of halogens is 2. The first-order chi connectivity index (χ1) is 14.4. The summed E-state index contributed by atoms with van der Waals surface area (Å²) in [7, 11) is 8.04. The van der Waals surface area contributed by atoms with Crippen LogP contribution >= 0.6 is 24.8 Å². The molecule has 0 N–H and O–H groups in total. The van der Waals surface area contributed by atoms with Gasteiger partial charge < -0.3 is 9.80 Å². The molecule has 2 aromatic rings. The van der Waals surface area contributed by atoms with Gasteiger partial charge in [-0.15, -0.1) is 24.8 Å². The first kappa shape index (κ1) is 30.3. The quantitative estimate of drug-likeness (QED) is 0.279. The fourth-order valence-electron chi connectivity index (χ4n) is 3.95.